The minimum absolute atomic E-state index is 0.0187. The summed E-state index contributed by atoms with van der Waals surface area (Å²) in [5.41, 5.74) is 6.06. The van der Waals surface area contributed by atoms with E-state index >= 15 is 0 Å². The third kappa shape index (κ3) is 4.75. The van der Waals surface area contributed by atoms with Crippen LogP contribution in [0.2, 0.25) is 0 Å². The Hall–Kier alpha value is -1.07. The number of rotatable bonds is 6. The monoisotopic (exact) mass is 300 g/mol. The van der Waals surface area contributed by atoms with Crippen LogP contribution >= 0.6 is 15.9 Å². The Labute approximate surface area is 110 Å². The molecule has 1 rings (SSSR count). The molecule has 1 aromatic carbocycles. The maximum Gasteiger partial charge on any atom is 0.224 e. The van der Waals surface area contributed by atoms with E-state index in [0.717, 1.165) is 17.3 Å². The highest BCUT2D eigenvalue weighted by atomic mass is 79.9. The van der Waals surface area contributed by atoms with Gasteiger partial charge in [0, 0.05) is 10.9 Å². The van der Waals surface area contributed by atoms with Crippen LogP contribution in [0.4, 0.5) is 5.69 Å². The fourth-order valence-electron chi connectivity index (χ4n) is 1.42. The molecule has 0 spiro atoms. The summed E-state index contributed by atoms with van der Waals surface area (Å²) >= 11 is 3.36. The molecule has 0 aliphatic rings. The molecule has 0 unspecified atom stereocenters. The lowest BCUT2D eigenvalue weighted by molar-refractivity contribution is -0.116. The van der Waals surface area contributed by atoms with Crippen LogP contribution in [0.25, 0.3) is 0 Å². The van der Waals surface area contributed by atoms with Gasteiger partial charge in [0.05, 0.1) is 12.8 Å². The van der Waals surface area contributed by atoms with Gasteiger partial charge in [0.15, 0.2) is 0 Å². The highest BCUT2D eigenvalue weighted by Gasteiger charge is 2.07. The summed E-state index contributed by atoms with van der Waals surface area (Å²) in [4.78, 5) is 11.6. The van der Waals surface area contributed by atoms with Crippen molar-refractivity contribution in [2.45, 2.75) is 19.3 Å². The zero-order valence-electron chi connectivity index (χ0n) is 9.83. The van der Waals surface area contributed by atoms with Gasteiger partial charge >= 0.3 is 0 Å². The number of amides is 1. The van der Waals surface area contributed by atoms with Gasteiger partial charge < -0.3 is 15.8 Å². The molecule has 0 atom stereocenters. The highest BCUT2D eigenvalue weighted by molar-refractivity contribution is 9.10. The maximum atomic E-state index is 11.6. The maximum absolute atomic E-state index is 11.6. The smallest absolute Gasteiger partial charge is 0.224 e. The fraction of sp³-hybridized carbons (Fsp3) is 0.417. The summed E-state index contributed by atoms with van der Waals surface area (Å²) in [5, 5.41) is 2.83. The van der Waals surface area contributed by atoms with Gasteiger partial charge in [0.2, 0.25) is 5.91 Å². The molecule has 0 aliphatic heterocycles. The van der Waals surface area contributed by atoms with Gasteiger partial charge in [-0.3, -0.25) is 4.79 Å². The number of ether oxygens (including phenoxy) is 1. The summed E-state index contributed by atoms with van der Waals surface area (Å²) in [5.74, 6) is 0.634. The Morgan fingerprint density at radius 3 is 2.88 bits per heavy atom. The molecule has 0 heterocycles. The molecule has 17 heavy (non-hydrogen) atoms. The first-order valence-electron chi connectivity index (χ1n) is 5.51. The van der Waals surface area contributed by atoms with E-state index in [2.05, 4.69) is 21.2 Å². The molecule has 0 fully saturated rings. The van der Waals surface area contributed by atoms with E-state index in [-0.39, 0.29) is 5.91 Å². The third-order valence-corrected chi connectivity index (χ3v) is 2.79. The number of hydrogen-bond donors (Lipinski definition) is 2. The van der Waals surface area contributed by atoms with Crippen molar-refractivity contribution in [2.75, 3.05) is 19.0 Å². The second-order valence-electron chi connectivity index (χ2n) is 3.64. The van der Waals surface area contributed by atoms with Gasteiger partial charge in [-0.25, -0.2) is 0 Å². The van der Waals surface area contributed by atoms with Crippen molar-refractivity contribution in [1.29, 1.82) is 0 Å². The first-order chi connectivity index (χ1) is 8.17. The number of carbonyl (C=O) groups is 1. The first kappa shape index (κ1) is 14.0. The largest absolute Gasteiger partial charge is 0.495 e. The van der Waals surface area contributed by atoms with Gasteiger partial charge in [-0.05, 0) is 37.6 Å². The van der Waals surface area contributed by atoms with Crippen LogP contribution in [-0.2, 0) is 4.79 Å². The van der Waals surface area contributed by atoms with Crippen LogP contribution < -0.4 is 15.8 Å². The topological polar surface area (TPSA) is 64.3 Å². The first-order valence-corrected chi connectivity index (χ1v) is 6.30. The Morgan fingerprint density at radius 1 is 1.47 bits per heavy atom. The molecule has 0 saturated heterocycles. The Bertz CT molecular complexity index is 383. The van der Waals surface area contributed by atoms with Crippen LogP contribution in [0.15, 0.2) is 22.7 Å². The molecule has 4 nitrogen and oxygen atoms in total. The summed E-state index contributed by atoms with van der Waals surface area (Å²) in [7, 11) is 1.58. The third-order valence-electron chi connectivity index (χ3n) is 2.29. The summed E-state index contributed by atoms with van der Waals surface area (Å²) in [6, 6.07) is 5.49. The number of nitrogens with one attached hydrogen (secondary N) is 1. The van der Waals surface area contributed by atoms with Crippen LogP contribution in [0.1, 0.15) is 19.3 Å². The molecule has 94 valence electrons. The van der Waals surface area contributed by atoms with Gasteiger partial charge in [-0.1, -0.05) is 15.9 Å². The van der Waals surface area contributed by atoms with E-state index < -0.39 is 0 Å². The number of nitrogens with two attached hydrogens (primary N) is 1. The molecule has 1 amide bonds. The van der Waals surface area contributed by atoms with Crippen LogP contribution in [-0.4, -0.2) is 19.6 Å². The molecule has 0 aromatic heterocycles. The average molecular weight is 301 g/mol. The number of hydrogen-bond acceptors (Lipinski definition) is 3. The zero-order chi connectivity index (χ0) is 12.7. The van der Waals surface area contributed by atoms with Crippen molar-refractivity contribution in [3.8, 4) is 5.75 Å². The summed E-state index contributed by atoms with van der Waals surface area (Å²) < 4.78 is 6.07. The average Bonchev–Trinajstić information content (AvgIpc) is 2.29. The number of unbranched alkanes of at least 4 members (excludes halogenated alkanes) is 1. The molecule has 3 N–H and O–H groups in total. The Morgan fingerprint density at radius 2 is 2.24 bits per heavy atom. The van der Waals surface area contributed by atoms with Crippen LogP contribution in [0.5, 0.6) is 5.75 Å². The van der Waals surface area contributed by atoms with Crippen molar-refractivity contribution < 1.29 is 9.53 Å². The van der Waals surface area contributed by atoms with Crippen molar-refractivity contribution in [1.82, 2.24) is 0 Å². The number of carbonyl (C=O) groups excluding carboxylic acids is 1. The molecule has 0 radical (unpaired) electrons. The normalized spacial score (nSPS) is 10.1. The van der Waals surface area contributed by atoms with Crippen LogP contribution in [0, 0.1) is 0 Å². The molecule has 1 aromatic rings. The van der Waals surface area contributed by atoms with Gasteiger partial charge in [-0.15, -0.1) is 0 Å². The lowest BCUT2D eigenvalue weighted by atomic mass is 10.2. The predicted molar refractivity (Wildman–Crippen MR) is 72.2 cm³/mol. The van der Waals surface area contributed by atoms with Crippen molar-refractivity contribution in [3.05, 3.63) is 22.7 Å². The molecule has 0 saturated carbocycles. The standard InChI is InChI=1S/C12H17BrN2O2/c1-17-11-6-5-9(13)8-10(11)15-12(16)4-2-3-7-14/h5-6,8H,2-4,7,14H2,1H3,(H,15,16). The second kappa shape index (κ2) is 7.29. The summed E-state index contributed by atoms with van der Waals surface area (Å²) in [6.07, 6.45) is 2.15. The molecule has 5 heteroatoms. The van der Waals surface area contributed by atoms with Gasteiger partial charge in [0.1, 0.15) is 5.75 Å². The number of benzene rings is 1. The Balaban J connectivity index is 2.60. The van der Waals surface area contributed by atoms with Crippen LogP contribution in [0.3, 0.4) is 0 Å². The van der Waals surface area contributed by atoms with E-state index in [1.807, 2.05) is 12.1 Å². The van der Waals surface area contributed by atoms with E-state index in [4.69, 9.17) is 10.5 Å². The number of methoxy groups -OCH3 is 1. The van der Waals surface area contributed by atoms with Crippen molar-refractivity contribution in [2.24, 2.45) is 5.73 Å². The number of halogens is 1. The van der Waals surface area contributed by atoms with Gasteiger partial charge in [-0.2, -0.15) is 0 Å². The van der Waals surface area contributed by atoms with Crippen molar-refractivity contribution in [3.63, 3.8) is 0 Å². The lowest BCUT2D eigenvalue weighted by Gasteiger charge is -2.10. The van der Waals surface area contributed by atoms with E-state index in [1.54, 1.807) is 13.2 Å². The second-order valence-corrected chi connectivity index (χ2v) is 4.55. The lowest BCUT2D eigenvalue weighted by Crippen LogP contribution is -2.12. The highest BCUT2D eigenvalue weighted by Crippen LogP contribution is 2.27. The predicted octanol–water partition coefficient (Wildman–Crippen LogP) is 2.53. The molecular weight excluding hydrogens is 284 g/mol. The molecule has 0 bridgehead atoms. The molecular formula is C12H17BrN2O2. The quantitative estimate of drug-likeness (QED) is 0.794. The zero-order valence-corrected chi connectivity index (χ0v) is 11.4. The van der Waals surface area contributed by atoms with Crippen molar-refractivity contribution >= 4 is 27.5 Å². The fourth-order valence-corrected chi connectivity index (χ4v) is 1.78. The van der Waals surface area contributed by atoms with E-state index in [0.29, 0.717) is 24.4 Å². The van der Waals surface area contributed by atoms with E-state index in [1.165, 1.54) is 0 Å². The van der Waals surface area contributed by atoms with E-state index in [9.17, 15) is 4.79 Å². The molecule has 0 aliphatic carbocycles. The number of anilines is 1. The minimum Gasteiger partial charge on any atom is -0.495 e. The minimum atomic E-state index is -0.0187. The summed E-state index contributed by atoms with van der Waals surface area (Å²) in [6.45, 7) is 0.619. The Kier molecular flexibility index (Phi) is 6.00. The van der Waals surface area contributed by atoms with Gasteiger partial charge in [0.25, 0.3) is 0 Å². The SMILES string of the molecule is COc1ccc(Br)cc1NC(=O)CCCCN.